The molecule has 17 heavy (non-hydrogen) atoms. The van der Waals surface area contributed by atoms with Crippen molar-refractivity contribution in [2.75, 3.05) is 5.32 Å². The summed E-state index contributed by atoms with van der Waals surface area (Å²) in [4.78, 5) is 4.04. The minimum absolute atomic E-state index is 0.241. The molecule has 0 amide bonds. The zero-order chi connectivity index (χ0) is 12.3. The number of rotatable bonds is 3. The van der Waals surface area contributed by atoms with Crippen LogP contribution in [-0.4, -0.2) is 4.98 Å². The van der Waals surface area contributed by atoms with Crippen LogP contribution in [0.25, 0.3) is 0 Å². The second-order valence-corrected chi connectivity index (χ2v) is 4.65. The number of halogens is 2. The van der Waals surface area contributed by atoms with E-state index in [1.807, 2.05) is 19.1 Å². The van der Waals surface area contributed by atoms with Crippen LogP contribution in [-0.2, 0) is 6.54 Å². The van der Waals surface area contributed by atoms with Gasteiger partial charge in [-0.2, -0.15) is 0 Å². The van der Waals surface area contributed by atoms with Gasteiger partial charge in [0.05, 0.1) is 4.47 Å². The summed E-state index contributed by atoms with van der Waals surface area (Å²) in [5, 5.41) is 3.26. The summed E-state index contributed by atoms with van der Waals surface area (Å²) in [7, 11) is 0. The highest BCUT2D eigenvalue weighted by Gasteiger charge is 2.04. The van der Waals surface area contributed by atoms with Gasteiger partial charge in [0.2, 0.25) is 0 Å². The number of anilines is 1. The van der Waals surface area contributed by atoms with Crippen molar-refractivity contribution in [3.05, 3.63) is 58.1 Å². The molecule has 88 valence electrons. The van der Waals surface area contributed by atoms with Gasteiger partial charge >= 0.3 is 0 Å². The van der Waals surface area contributed by atoms with E-state index >= 15 is 0 Å². The number of nitrogens with one attached hydrogen (secondary N) is 1. The van der Waals surface area contributed by atoms with Crippen LogP contribution in [0.1, 0.15) is 11.1 Å². The summed E-state index contributed by atoms with van der Waals surface area (Å²) in [5.74, 6) is -0.241. The highest BCUT2D eigenvalue weighted by atomic mass is 79.9. The highest BCUT2D eigenvalue weighted by molar-refractivity contribution is 9.10. The highest BCUT2D eigenvalue weighted by Crippen LogP contribution is 2.24. The lowest BCUT2D eigenvalue weighted by molar-refractivity contribution is 0.620. The lowest BCUT2D eigenvalue weighted by Gasteiger charge is -2.10. The van der Waals surface area contributed by atoms with E-state index in [0.717, 1.165) is 16.8 Å². The largest absolute Gasteiger partial charge is 0.381 e. The van der Waals surface area contributed by atoms with Crippen molar-refractivity contribution in [2.24, 2.45) is 0 Å². The first-order chi connectivity index (χ1) is 8.16. The topological polar surface area (TPSA) is 24.9 Å². The minimum Gasteiger partial charge on any atom is -0.381 e. The molecule has 2 rings (SSSR count). The smallest absolute Gasteiger partial charge is 0.137 e. The third-order valence-corrected chi connectivity index (χ3v) is 3.08. The fourth-order valence-electron chi connectivity index (χ4n) is 1.54. The number of nitrogens with zero attached hydrogens (tertiary/aromatic N) is 1. The van der Waals surface area contributed by atoms with Gasteiger partial charge in [0.1, 0.15) is 5.82 Å². The standard InChI is InChI=1S/C13H12BrFN2/c1-9-5-12(15)11(14)6-13(9)17-8-10-3-2-4-16-7-10/h2-7,17H,8H2,1H3. The van der Waals surface area contributed by atoms with Crippen LogP contribution in [0.15, 0.2) is 41.1 Å². The lowest BCUT2D eigenvalue weighted by Crippen LogP contribution is -2.01. The van der Waals surface area contributed by atoms with E-state index in [4.69, 9.17) is 0 Å². The Balaban J connectivity index is 2.12. The van der Waals surface area contributed by atoms with Gasteiger partial charge in [0, 0.05) is 24.6 Å². The molecule has 2 aromatic rings. The molecule has 0 unspecified atom stereocenters. The molecule has 0 bridgehead atoms. The molecular formula is C13H12BrFN2. The van der Waals surface area contributed by atoms with Gasteiger partial charge in [-0.25, -0.2) is 4.39 Å². The average Bonchev–Trinajstić information content (AvgIpc) is 2.33. The van der Waals surface area contributed by atoms with E-state index in [1.54, 1.807) is 18.5 Å². The van der Waals surface area contributed by atoms with E-state index in [1.165, 1.54) is 6.07 Å². The molecule has 2 nitrogen and oxygen atoms in total. The Kier molecular flexibility index (Phi) is 3.74. The molecule has 0 aliphatic carbocycles. The van der Waals surface area contributed by atoms with Crippen LogP contribution in [0.5, 0.6) is 0 Å². The zero-order valence-corrected chi connectivity index (χ0v) is 11.0. The number of aromatic nitrogens is 1. The molecule has 0 saturated heterocycles. The normalized spacial score (nSPS) is 10.3. The lowest BCUT2D eigenvalue weighted by atomic mass is 10.2. The van der Waals surface area contributed by atoms with Crippen LogP contribution >= 0.6 is 15.9 Å². The van der Waals surface area contributed by atoms with Crippen molar-refractivity contribution in [3.8, 4) is 0 Å². The summed E-state index contributed by atoms with van der Waals surface area (Å²) in [6, 6.07) is 7.15. The second kappa shape index (κ2) is 5.27. The average molecular weight is 295 g/mol. The molecule has 1 aromatic carbocycles. The van der Waals surface area contributed by atoms with Crippen molar-refractivity contribution in [3.63, 3.8) is 0 Å². The number of benzene rings is 1. The summed E-state index contributed by atoms with van der Waals surface area (Å²) in [6.45, 7) is 2.55. The maximum Gasteiger partial charge on any atom is 0.137 e. The second-order valence-electron chi connectivity index (χ2n) is 3.80. The Morgan fingerprint density at radius 2 is 2.24 bits per heavy atom. The maximum atomic E-state index is 13.2. The third kappa shape index (κ3) is 3.03. The zero-order valence-electron chi connectivity index (χ0n) is 9.37. The Labute approximate surface area is 108 Å². The van der Waals surface area contributed by atoms with E-state index < -0.39 is 0 Å². The SMILES string of the molecule is Cc1cc(F)c(Br)cc1NCc1cccnc1. The molecule has 0 aliphatic heterocycles. The summed E-state index contributed by atoms with van der Waals surface area (Å²) < 4.78 is 13.7. The Morgan fingerprint density at radius 1 is 1.41 bits per heavy atom. The molecular weight excluding hydrogens is 283 g/mol. The molecule has 1 N–H and O–H groups in total. The van der Waals surface area contributed by atoms with Gasteiger partial charge in [0.25, 0.3) is 0 Å². The van der Waals surface area contributed by atoms with E-state index in [2.05, 4.69) is 26.2 Å². The van der Waals surface area contributed by atoms with Gasteiger partial charge in [-0.1, -0.05) is 6.07 Å². The van der Waals surface area contributed by atoms with E-state index in [-0.39, 0.29) is 5.82 Å². The van der Waals surface area contributed by atoms with E-state index in [0.29, 0.717) is 11.0 Å². The molecule has 0 atom stereocenters. The molecule has 0 radical (unpaired) electrons. The van der Waals surface area contributed by atoms with Crippen molar-refractivity contribution < 1.29 is 4.39 Å². The van der Waals surface area contributed by atoms with Gasteiger partial charge in [0.15, 0.2) is 0 Å². The van der Waals surface area contributed by atoms with Crippen LogP contribution in [0.4, 0.5) is 10.1 Å². The van der Waals surface area contributed by atoms with Crippen molar-refractivity contribution in [1.82, 2.24) is 4.98 Å². The molecule has 1 heterocycles. The first-order valence-electron chi connectivity index (χ1n) is 5.25. The van der Waals surface area contributed by atoms with Gasteiger partial charge in [-0.05, 0) is 52.2 Å². The predicted molar refractivity (Wildman–Crippen MR) is 70.4 cm³/mol. The van der Waals surface area contributed by atoms with E-state index in [9.17, 15) is 4.39 Å². The van der Waals surface area contributed by atoms with Gasteiger partial charge in [-0.15, -0.1) is 0 Å². The predicted octanol–water partition coefficient (Wildman–Crippen LogP) is 3.90. The monoisotopic (exact) mass is 294 g/mol. The van der Waals surface area contributed by atoms with Crippen molar-refractivity contribution in [1.29, 1.82) is 0 Å². The summed E-state index contributed by atoms with van der Waals surface area (Å²) in [5.41, 5.74) is 2.89. The summed E-state index contributed by atoms with van der Waals surface area (Å²) in [6.07, 6.45) is 3.55. The molecule has 0 saturated carbocycles. The Bertz CT molecular complexity index is 514. The van der Waals surface area contributed by atoms with Crippen LogP contribution in [0.3, 0.4) is 0 Å². The number of hydrogen-bond acceptors (Lipinski definition) is 2. The van der Waals surface area contributed by atoms with Crippen LogP contribution < -0.4 is 5.32 Å². The summed E-state index contributed by atoms with van der Waals surface area (Å²) >= 11 is 3.18. The Morgan fingerprint density at radius 3 is 2.94 bits per heavy atom. The van der Waals surface area contributed by atoms with Gasteiger partial charge in [-0.3, -0.25) is 4.98 Å². The Hall–Kier alpha value is -1.42. The van der Waals surface area contributed by atoms with Crippen molar-refractivity contribution in [2.45, 2.75) is 13.5 Å². The first-order valence-corrected chi connectivity index (χ1v) is 6.04. The third-order valence-electron chi connectivity index (χ3n) is 2.47. The van der Waals surface area contributed by atoms with Gasteiger partial charge < -0.3 is 5.32 Å². The van der Waals surface area contributed by atoms with Crippen LogP contribution in [0, 0.1) is 12.7 Å². The number of pyridine rings is 1. The number of aryl methyl sites for hydroxylation is 1. The first kappa shape index (κ1) is 12.0. The molecule has 4 heteroatoms. The fourth-order valence-corrected chi connectivity index (χ4v) is 1.88. The minimum atomic E-state index is -0.241. The molecule has 0 fully saturated rings. The molecule has 0 aliphatic rings. The van der Waals surface area contributed by atoms with Crippen LogP contribution in [0.2, 0.25) is 0 Å². The maximum absolute atomic E-state index is 13.2. The molecule has 1 aromatic heterocycles. The quantitative estimate of drug-likeness (QED) is 0.928. The molecule has 0 spiro atoms. The number of hydrogen-bond donors (Lipinski definition) is 1. The fraction of sp³-hybridized carbons (Fsp3) is 0.154. The van der Waals surface area contributed by atoms with Crippen molar-refractivity contribution >= 4 is 21.6 Å².